The van der Waals surface area contributed by atoms with Crippen LogP contribution in [0.25, 0.3) is 5.52 Å². The third-order valence-electron chi connectivity index (χ3n) is 3.31. The molecule has 2 aromatic rings. The van der Waals surface area contributed by atoms with Gasteiger partial charge in [0.15, 0.2) is 5.15 Å². The maximum Gasteiger partial charge on any atom is 0.155 e. The predicted molar refractivity (Wildman–Crippen MR) is 66.7 cm³/mol. The molecular formula is C12H14ClN3O. The van der Waals surface area contributed by atoms with Gasteiger partial charge >= 0.3 is 0 Å². The highest BCUT2D eigenvalue weighted by atomic mass is 35.5. The number of fused-ring (bicyclic) bond motifs is 1. The Morgan fingerprint density at radius 3 is 2.94 bits per heavy atom. The van der Waals surface area contributed by atoms with Gasteiger partial charge in [0.1, 0.15) is 11.6 Å². The third kappa shape index (κ3) is 1.87. The number of aromatic hydroxyl groups is 1. The van der Waals surface area contributed by atoms with Crippen LogP contribution in [0.3, 0.4) is 0 Å². The SMILES string of the molecule is Oc1ccn2c(C3CCNCC3)nc(Cl)c2c1. The van der Waals surface area contributed by atoms with Crippen molar-refractivity contribution in [1.29, 1.82) is 0 Å². The molecule has 4 nitrogen and oxygen atoms in total. The first-order valence-electron chi connectivity index (χ1n) is 5.83. The van der Waals surface area contributed by atoms with Gasteiger partial charge in [0.05, 0.1) is 5.52 Å². The van der Waals surface area contributed by atoms with Crippen molar-refractivity contribution in [3.8, 4) is 5.75 Å². The molecule has 1 aliphatic heterocycles. The molecular weight excluding hydrogens is 238 g/mol. The molecule has 1 saturated heterocycles. The molecule has 0 amide bonds. The highest BCUT2D eigenvalue weighted by Gasteiger charge is 2.21. The van der Waals surface area contributed by atoms with E-state index in [4.69, 9.17) is 11.6 Å². The fraction of sp³-hybridized carbons (Fsp3) is 0.417. The summed E-state index contributed by atoms with van der Waals surface area (Å²) in [5.74, 6) is 1.67. The monoisotopic (exact) mass is 251 g/mol. The number of pyridine rings is 1. The second kappa shape index (κ2) is 4.20. The average Bonchev–Trinajstić information content (AvgIpc) is 2.68. The van der Waals surface area contributed by atoms with Gasteiger partial charge in [-0.15, -0.1) is 0 Å². The topological polar surface area (TPSA) is 49.6 Å². The number of halogens is 1. The lowest BCUT2D eigenvalue weighted by atomic mass is 9.97. The fourth-order valence-electron chi connectivity index (χ4n) is 2.43. The second-order valence-electron chi connectivity index (χ2n) is 4.43. The van der Waals surface area contributed by atoms with Gasteiger partial charge in [-0.05, 0) is 32.0 Å². The zero-order chi connectivity index (χ0) is 11.8. The van der Waals surface area contributed by atoms with E-state index in [1.807, 2.05) is 10.6 Å². The summed E-state index contributed by atoms with van der Waals surface area (Å²) < 4.78 is 1.98. The molecule has 1 fully saturated rings. The summed E-state index contributed by atoms with van der Waals surface area (Å²) in [5.41, 5.74) is 0.778. The summed E-state index contributed by atoms with van der Waals surface area (Å²) in [5, 5.41) is 13.3. The Bertz CT molecular complexity index is 546. The molecule has 0 radical (unpaired) electrons. The van der Waals surface area contributed by atoms with Gasteiger partial charge in [-0.2, -0.15) is 0 Å². The largest absolute Gasteiger partial charge is 0.508 e. The summed E-state index contributed by atoms with van der Waals surface area (Å²) in [6.45, 7) is 2.05. The zero-order valence-corrected chi connectivity index (χ0v) is 10.1. The van der Waals surface area contributed by atoms with Crippen LogP contribution in [0, 0.1) is 0 Å². The third-order valence-corrected chi connectivity index (χ3v) is 3.59. The van der Waals surface area contributed by atoms with Crippen LogP contribution >= 0.6 is 11.6 Å². The molecule has 1 aliphatic rings. The quantitative estimate of drug-likeness (QED) is 0.817. The molecule has 0 aromatic carbocycles. The van der Waals surface area contributed by atoms with Crippen molar-refractivity contribution in [2.45, 2.75) is 18.8 Å². The molecule has 0 atom stereocenters. The smallest absolute Gasteiger partial charge is 0.155 e. The van der Waals surface area contributed by atoms with Gasteiger partial charge in [-0.3, -0.25) is 0 Å². The summed E-state index contributed by atoms with van der Waals surface area (Å²) in [7, 11) is 0. The molecule has 2 N–H and O–H groups in total. The number of aromatic nitrogens is 2. The number of rotatable bonds is 1. The first-order chi connectivity index (χ1) is 8.25. The van der Waals surface area contributed by atoms with Crippen molar-refractivity contribution in [3.63, 3.8) is 0 Å². The van der Waals surface area contributed by atoms with Crippen LogP contribution in [-0.2, 0) is 0 Å². The summed E-state index contributed by atoms with van der Waals surface area (Å²) >= 11 is 6.11. The first-order valence-corrected chi connectivity index (χ1v) is 6.20. The van der Waals surface area contributed by atoms with Gasteiger partial charge in [0.2, 0.25) is 0 Å². The Morgan fingerprint density at radius 1 is 1.41 bits per heavy atom. The van der Waals surface area contributed by atoms with E-state index < -0.39 is 0 Å². The van der Waals surface area contributed by atoms with Crippen LogP contribution in [0.4, 0.5) is 0 Å². The molecule has 3 rings (SSSR count). The van der Waals surface area contributed by atoms with E-state index in [-0.39, 0.29) is 5.75 Å². The van der Waals surface area contributed by atoms with Crippen molar-refractivity contribution in [2.75, 3.05) is 13.1 Å². The van der Waals surface area contributed by atoms with E-state index in [1.54, 1.807) is 12.1 Å². The molecule has 0 bridgehead atoms. The van der Waals surface area contributed by atoms with Crippen LogP contribution in [0.1, 0.15) is 24.6 Å². The number of imidazole rings is 1. The Balaban J connectivity index is 2.10. The van der Waals surface area contributed by atoms with Crippen LogP contribution < -0.4 is 5.32 Å². The highest BCUT2D eigenvalue weighted by molar-refractivity contribution is 6.32. The number of hydrogen-bond acceptors (Lipinski definition) is 3. The average molecular weight is 252 g/mol. The minimum Gasteiger partial charge on any atom is -0.508 e. The number of hydrogen-bond donors (Lipinski definition) is 2. The minimum atomic E-state index is 0.219. The molecule has 0 spiro atoms. The van der Waals surface area contributed by atoms with E-state index in [0.717, 1.165) is 37.3 Å². The Labute approximate surface area is 104 Å². The lowest BCUT2D eigenvalue weighted by Gasteiger charge is -2.21. The van der Waals surface area contributed by atoms with Crippen molar-refractivity contribution in [3.05, 3.63) is 29.3 Å². The van der Waals surface area contributed by atoms with Crippen LogP contribution in [0.5, 0.6) is 5.75 Å². The van der Waals surface area contributed by atoms with Gasteiger partial charge in [0.25, 0.3) is 0 Å². The van der Waals surface area contributed by atoms with E-state index in [0.29, 0.717) is 11.1 Å². The molecule has 0 unspecified atom stereocenters. The van der Waals surface area contributed by atoms with Gasteiger partial charge < -0.3 is 14.8 Å². The molecule has 3 heterocycles. The van der Waals surface area contributed by atoms with Gasteiger partial charge in [-0.25, -0.2) is 4.98 Å². The Kier molecular flexibility index (Phi) is 2.68. The first kappa shape index (κ1) is 10.9. The standard InChI is InChI=1S/C12H14ClN3O/c13-11-10-7-9(17)3-6-16(10)12(15-11)8-1-4-14-5-2-8/h3,6-8,14,17H,1-2,4-5H2. The fourth-order valence-corrected chi connectivity index (χ4v) is 2.66. The normalized spacial score (nSPS) is 17.7. The number of piperidine rings is 1. The molecule has 90 valence electrons. The summed E-state index contributed by atoms with van der Waals surface area (Å²) in [6.07, 6.45) is 3.99. The van der Waals surface area contributed by atoms with Crippen molar-refractivity contribution in [1.82, 2.24) is 14.7 Å². The summed E-state index contributed by atoms with van der Waals surface area (Å²) in [4.78, 5) is 4.44. The zero-order valence-electron chi connectivity index (χ0n) is 9.36. The lowest BCUT2D eigenvalue weighted by molar-refractivity contribution is 0.443. The molecule has 0 aliphatic carbocycles. The van der Waals surface area contributed by atoms with E-state index in [1.165, 1.54) is 0 Å². The maximum absolute atomic E-state index is 9.46. The molecule has 5 heteroatoms. The second-order valence-corrected chi connectivity index (χ2v) is 4.78. The van der Waals surface area contributed by atoms with E-state index in [9.17, 15) is 5.11 Å². The summed E-state index contributed by atoms with van der Waals surface area (Å²) in [6, 6.07) is 3.31. The van der Waals surface area contributed by atoms with Crippen molar-refractivity contribution < 1.29 is 5.11 Å². The molecule has 0 saturated carbocycles. The molecule has 2 aromatic heterocycles. The van der Waals surface area contributed by atoms with Crippen LogP contribution in [-0.4, -0.2) is 27.6 Å². The lowest BCUT2D eigenvalue weighted by Crippen LogP contribution is -2.27. The molecule has 17 heavy (non-hydrogen) atoms. The van der Waals surface area contributed by atoms with E-state index >= 15 is 0 Å². The van der Waals surface area contributed by atoms with Gasteiger partial charge in [0, 0.05) is 18.2 Å². The van der Waals surface area contributed by atoms with Crippen molar-refractivity contribution in [2.24, 2.45) is 0 Å². The Hall–Kier alpha value is -1.26. The van der Waals surface area contributed by atoms with Crippen LogP contribution in [0.2, 0.25) is 5.15 Å². The Morgan fingerprint density at radius 2 is 2.18 bits per heavy atom. The number of nitrogens with one attached hydrogen (secondary N) is 1. The number of nitrogens with zero attached hydrogens (tertiary/aromatic N) is 2. The van der Waals surface area contributed by atoms with E-state index in [2.05, 4.69) is 10.3 Å². The van der Waals surface area contributed by atoms with Crippen LogP contribution in [0.15, 0.2) is 18.3 Å². The minimum absolute atomic E-state index is 0.219. The van der Waals surface area contributed by atoms with Gasteiger partial charge in [-0.1, -0.05) is 11.6 Å². The maximum atomic E-state index is 9.46. The predicted octanol–water partition coefficient (Wildman–Crippen LogP) is 2.16. The highest BCUT2D eigenvalue weighted by Crippen LogP contribution is 2.29. The van der Waals surface area contributed by atoms with Crippen molar-refractivity contribution >= 4 is 17.1 Å².